The summed E-state index contributed by atoms with van der Waals surface area (Å²) in [4.78, 5) is 12.5. The highest BCUT2D eigenvalue weighted by Crippen LogP contribution is 2.14. The van der Waals surface area contributed by atoms with E-state index in [2.05, 4.69) is 31.3 Å². The number of allylic oxidation sites excluding steroid dienone is 3. The molecular weight excluding hydrogens is 594 g/mol. The molecule has 0 aliphatic heterocycles. The lowest BCUT2D eigenvalue weighted by Gasteiger charge is -2.21. The van der Waals surface area contributed by atoms with Crippen LogP contribution in [0.15, 0.2) is 24.3 Å². The molecule has 7 heteroatoms. The van der Waals surface area contributed by atoms with Crippen LogP contribution in [0.1, 0.15) is 200 Å². The van der Waals surface area contributed by atoms with E-state index < -0.39 is 28.0 Å². The van der Waals surface area contributed by atoms with Gasteiger partial charge < -0.3 is 10.4 Å². The minimum absolute atomic E-state index is 0.283. The van der Waals surface area contributed by atoms with E-state index in [9.17, 15) is 22.9 Å². The standard InChI is InChI=1S/C39H75NO5S/c1-3-5-7-9-11-13-15-17-19-20-21-23-25-27-29-31-33-35-39(42)40-37(36-46(43,44)45)38(41)34-32-30-28-26-24-22-18-16-14-12-10-8-6-4-2/h17,19,32,34,37-38,41H,3-16,18,20-31,33,35-36H2,1-2H3,(H,40,42)(H,43,44,45)/b19-17-,34-32+. The van der Waals surface area contributed by atoms with Gasteiger partial charge in [0.1, 0.15) is 0 Å². The van der Waals surface area contributed by atoms with Crippen LogP contribution in [-0.4, -0.2) is 41.9 Å². The van der Waals surface area contributed by atoms with Gasteiger partial charge in [-0.3, -0.25) is 9.35 Å². The number of unbranched alkanes of at least 4 members (excludes halogenated alkanes) is 25. The molecule has 0 saturated carbocycles. The summed E-state index contributed by atoms with van der Waals surface area (Å²) in [6.45, 7) is 4.51. The SMILES string of the molecule is CCCCCCCC/C=C\CCCCCCCCCC(=O)NC(CS(=O)(=O)O)C(O)/C=C/CCCCCCCCCCCCCC. The van der Waals surface area contributed by atoms with Gasteiger partial charge in [-0.05, 0) is 44.9 Å². The van der Waals surface area contributed by atoms with Gasteiger partial charge >= 0.3 is 0 Å². The second kappa shape index (κ2) is 33.7. The van der Waals surface area contributed by atoms with E-state index in [4.69, 9.17) is 0 Å². The lowest BCUT2D eigenvalue weighted by atomic mass is 10.0. The first kappa shape index (κ1) is 44.8. The third kappa shape index (κ3) is 34.2. The Labute approximate surface area is 285 Å². The van der Waals surface area contributed by atoms with Crippen molar-refractivity contribution >= 4 is 16.0 Å². The monoisotopic (exact) mass is 670 g/mol. The fourth-order valence-corrected chi connectivity index (χ4v) is 6.65. The van der Waals surface area contributed by atoms with Gasteiger partial charge in [-0.25, -0.2) is 0 Å². The van der Waals surface area contributed by atoms with Gasteiger partial charge in [-0.2, -0.15) is 8.42 Å². The Bertz CT molecular complexity index is 826. The zero-order valence-corrected chi connectivity index (χ0v) is 31.0. The van der Waals surface area contributed by atoms with Crippen LogP contribution >= 0.6 is 0 Å². The van der Waals surface area contributed by atoms with Gasteiger partial charge in [-0.15, -0.1) is 0 Å². The van der Waals surface area contributed by atoms with Crippen LogP contribution in [0.25, 0.3) is 0 Å². The molecule has 0 fully saturated rings. The van der Waals surface area contributed by atoms with Crippen molar-refractivity contribution < 1.29 is 22.9 Å². The van der Waals surface area contributed by atoms with Crippen molar-refractivity contribution in [2.24, 2.45) is 0 Å². The molecule has 0 bridgehead atoms. The fourth-order valence-electron chi connectivity index (χ4n) is 5.91. The first-order valence-electron chi connectivity index (χ1n) is 19.5. The number of aliphatic hydroxyl groups excluding tert-OH is 1. The minimum Gasteiger partial charge on any atom is -0.387 e. The Morgan fingerprint density at radius 2 is 0.913 bits per heavy atom. The summed E-state index contributed by atoms with van der Waals surface area (Å²) >= 11 is 0. The Balaban J connectivity index is 3.94. The molecule has 0 aromatic rings. The van der Waals surface area contributed by atoms with E-state index in [1.165, 1.54) is 135 Å². The molecule has 0 rings (SSSR count). The molecule has 0 radical (unpaired) electrons. The zero-order valence-electron chi connectivity index (χ0n) is 30.2. The fraction of sp³-hybridized carbons (Fsp3) is 0.872. The number of carbonyl (C=O) groups is 1. The van der Waals surface area contributed by atoms with Crippen molar-refractivity contribution in [3.63, 3.8) is 0 Å². The summed E-state index contributed by atoms with van der Waals surface area (Å²) < 4.78 is 32.4. The largest absolute Gasteiger partial charge is 0.387 e. The van der Waals surface area contributed by atoms with Gasteiger partial charge in [0, 0.05) is 6.42 Å². The summed E-state index contributed by atoms with van der Waals surface area (Å²) in [7, 11) is -4.34. The molecule has 272 valence electrons. The van der Waals surface area contributed by atoms with E-state index in [1.54, 1.807) is 6.08 Å². The first-order chi connectivity index (χ1) is 22.3. The van der Waals surface area contributed by atoms with Crippen LogP contribution in [0.3, 0.4) is 0 Å². The molecule has 0 spiro atoms. The van der Waals surface area contributed by atoms with Crippen LogP contribution in [0.5, 0.6) is 0 Å². The molecule has 46 heavy (non-hydrogen) atoms. The summed E-state index contributed by atoms with van der Waals surface area (Å²) in [6, 6.07) is -1.06. The van der Waals surface area contributed by atoms with Crippen molar-refractivity contribution in [2.45, 2.75) is 212 Å². The predicted molar refractivity (Wildman–Crippen MR) is 198 cm³/mol. The second-order valence-electron chi connectivity index (χ2n) is 13.6. The maximum atomic E-state index is 12.5. The smallest absolute Gasteiger partial charge is 0.267 e. The van der Waals surface area contributed by atoms with E-state index >= 15 is 0 Å². The maximum absolute atomic E-state index is 12.5. The van der Waals surface area contributed by atoms with Gasteiger partial charge in [0.25, 0.3) is 10.1 Å². The van der Waals surface area contributed by atoms with E-state index in [0.717, 1.165) is 44.9 Å². The Morgan fingerprint density at radius 3 is 1.30 bits per heavy atom. The highest BCUT2D eigenvalue weighted by Gasteiger charge is 2.24. The average Bonchev–Trinajstić information content (AvgIpc) is 3.01. The van der Waals surface area contributed by atoms with E-state index in [1.807, 2.05) is 6.08 Å². The summed E-state index contributed by atoms with van der Waals surface area (Å²) in [5, 5.41) is 13.2. The van der Waals surface area contributed by atoms with Crippen molar-refractivity contribution in [1.82, 2.24) is 5.32 Å². The molecule has 0 heterocycles. The Hall–Kier alpha value is -1.18. The Kier molecular flexibility index (Phi) is 32.8. The summed E-state index contributed by atoms with van der Waals surface area (Å²) in [6.07, 6.45) is 41.5. The first-order valence-corrected chi connectivity index (χ1v) is 21.1. The molecule has 6 nitrogen and oxygen atoms in total. The van der Waals surface area contributed by atoms with Crippen molar-refractivity contribution in [2.75, 3.05) is 5.75 Å². The topological polar surface area (TPSA) is 104 Å². The molecule has 2 unspecified atom stereocenters. The highest BCUT2D eigenvalue weighted by atomic mass is 32.2. The van der Waals surface area contributed by atoms with Gasteiger partial charge in [-0.1, -0.05) is 173 Å². The molecule has 0 aromatic carbocycles. The number of amides is 1. The molecule has 2 atom stereocenters. The lowest BCUT2D eigenvalue weighted by molar-refractivity contribution is -0.122. The van der Waals surface area contributed by atoms with Crippen molar-refractivity contribution in [3.05, 3.63) is 24.3 Å². The second-order valence-corrected chi connectivity index (χ2v) is 15.1. The van der Waals surface area contributed by atoms with Crippen molar-refractivity contribution in [3.8, 4) is 0 Å². The van der Waals surface area contributed by atoms with Crippen molar-refractivity contribution in [1.29, 1.82) is 0 Å². The number of nitrogens with one attached hydrogen (secondary N) is 1. The number of hydrogen-bond acceptors (Lipinski definition) is 4. The normalized spacial score (nSPS) is 13.6. The van der Waals surface area contributed by atoms with E-state index in [0.29, 0.717) is 6.42 Å². The lowest BCUT2D eigenvalue weighted by Crippen LogP contribution is -2.46. The van der Waals surface area contributed by atoms with Gasteiger partial charge in [0.2, 0.25) is 5.91 Å². The van der Waals surface area contributed by atoms with Crippen LogP contribution in [0.4, 0.5) is 0 Å². The van der Waals surface area contributed by atoms with Gasteiger partial charge in [0.05, 0.1) is 17.9 Å². The van der Waals surface area contributed by atoms with Crippen LogP contribution < -0.4 is 5.32 Å². The molecule has 0 saturated heterocycles. The third-order valence-corrected chi connectivity index (χ3v) is 9.65. The number of rotatable bonds is 35. The summed E-state index contributed by atoms with van der Waals surface area (Å²) in [5.74, 6) is -0.980. The molecule has 0 aliphatic rings. The predicted octanol–water partition coefficient (Wildman–Crippen LogP) is 11.2. The molecule has 0 aliphatic carbocycles. The molecule has 3 N–H and O–H groups in total. The minimum atomic E-state index is -4.34. The molecule has 0 aromatic heterocycles. The Morgan fingerprint density at radius 1 is 0.565 bits per heavy atom. The maximum Gasteiger partial charge on any atom is 0.267 e. The van der Waals surface area contributed by atoms with Crippen LogP contribution in [0, 0.1) is 0 Å². The quantitative estimate of drug-likeness (QED) is 0.0354. The number of aliphatic hydroxyl groups is 1. The van der Waals surface area contributed by atoms with Crippen LogP contribution in [-0.2, 0) is 14.9 Å². The summed E-state index contributed by atoms with van der Waals surface area (Å²) in [5.41, 5.74) is 0. The average molecular weight is 670 g/mol. The van der Waals surface area contributed by atoms with Crippen LogP contribution in [0.2, 0.25) is 0 Å². The zero-order chi connectivity index (χ0) is 34.0. The number of hydrogen-bond donors (Lipinski definition) is 3. The van der Waals surface area contributed by atoms with E-state index in [-0.39, 0.29) is 5.91 Å². The number of carbonyl (C=O) groups excluding carboxylic acids is 1. The van der Waals surface area contributed by atoms with Gasteiger partial charge in [0.15, 0.2) is 0 Å². The highest BCUT2D eigenvalue weighted by molar-refractivity contribution is 7.85. The third-order valence-electron chi connectivity index (χ3n) is 8.87. The molecular formula is C39H75NO5S. The molecule has 1 amide bonds.